The molecular weight excluding hydrogens is 232 g/mol. The first-order valence-corrected chi connectivity index (χ1v) is 7.10. The molecule has 0 saturated carbocycles. The summed E-state index contributed by atoms with van der Waals surface area (Å²) in [7, 11) is 0. The Morgan fingerprint density at radius 1 is 1.05 bits per heavy atom. The van der Waals surface area contributed by atoms with Crippen molar-refractivity contribution in [2.24, 2.45) is 5.73 Å². The normalized spacial score (nSPS) is 28.2. The Balaban J connectivity index is 1.83. The summed E-state index contributed by atoms with van der Waals surface area (Å²) in [6.45, 7) is 0. The molecule has 2 nitrogen and oxygen atoms in total. The summed E-state index contributed by atoms with van der Waals surface area (Å²) in [4.78, 5) is 4.62. The first kappa shape index (κ1) is 11.2. The highest BCUT2D eigenvalue weighted by molar-refractivity contribution is 5.44. The lowest BCUT2D eigenvalue weighted by molar-refractivity contribution is 0.345. The highest BCUT2D eigenvalue weighted by Gasteiger charge is 2.45. The van der Waals surface area contributed by atoms with Crippen LogP contribution in [0.15, 0.2) is 42.6 Å². The predicted molar refractivity (Wildman–Crippen MR) is 75.9 cm³/mol. The average Bonchev–Trinajstić information content (AvgIpc) is 3.02. The molecule has 1 aromatic carbocycles. The molecule has 2 aliphatic rings. The van der Waals surface area contributed by atoms with Gasteiger partial charge in [-0.25, -0.2) is 0 Å². The fourth-order valence-corrected chi connectivity index (χ4v) is 3.94. The summed E-state index contributed by atoms with van der Waals surface area (Å²) < 4.78 is 0. The molecule has 2 heteroatoms. The van der Waals surface area contributed by atoms with E-state index in [4.69, 9.17) is 5.73 Å². The number of hydrogen-bond donors (Lipinski definition) is 1. The molecule has 1 aromatic heterocycles. The van der Waals surface area contributed by atoms with Crippen LogP contribution in [0.2, 0.25) is 0 Å². The number of hydrogen-bond acceptors (Lipinski definition) is 2. The molecule has 2 aliphatic carbocycles. The molecule has 0 amide bonds. The van der Waals surface area contributed by atoms with Gasteiger partial charge in [-0.15, -0.1) is 0 Å². The Labute approximate surface area is 113 Å². The van der Waals surface area contributed by atoms with Crippen molar-refractivity contribution in [2.45, 2.75) is 37.1 Å². The average molecular weight is 250 g/mol. The topological polar surface area (TPSA) is 38.9 Å². The molecule has 2 unspecified atom stereocenters. The van der Waals surface area contributed by atoms with E-state index in [-0.39, 0.29) is 5.54 Å². The lowest BCUT2D eigenvalue weighted by Gasteiger charge is -2.32. The second kappa shape index (κ2) is 3.91. The molecule has 2 aromatic rings. The minimum Gasteiger partial charge on any atom is -0.321 e. The van der Waals surface area contributed by atoms with Crippen LogP contribution in [0.1, 0.15) is 41.1 Å². The van der Waals surface area contributed by atoms with Gasteiger partial charge < -0.3 is 5.73 Å². The fourth-order valence-electron chi connectivity index (χ4n) is 3.94. The summed E-state index contributed by atoms with van der Waals surface area (Å²) in [5.74, 6) is 0.382. The van der Waals surface area contributed by atoms with Crippen molar-refractivity contribution in [1.29, 1.82) is 0 Å². The van der Waals surface area contributed by atoms with E-state index in [2.05, 4.69) is 35.3 Å². The Morgan fingerprint density at radius 2 is 1.89 bits per heavy atom. The largest absolute Gasteiger partial charge is 0.321 e. The first-order valence-electron chi connectivity index (χ1n) is 7.10. The minimum atomic E-state index is -0.212. The van der Waals surface area contributed by atoms with Crippen molar-refractivity contribution in [2.75, 3.05) is 0 Å². The van der Waals surface area contributed by atoms with E-state index in [1.54, 1.807) is 0 Å². The van der Waals surface area contributed by atoms with Crippen LogP contribution in [0.4, 0.5) is 0 Å². The van der Waals surface area contributed by atoms with Gasteiger partial charge in [0.1, 0.15) is 0 Å². The van der Waals surface area contributed by atoms with E-state index in [1.807, 2.05) is 12.3 Å². The molecule has 2 atom stereocenters. The molecular formula is C17H18N2. The maximum atomic E-state index is 6.85. The fraction of sp³-hybridized carbons (Fsp3) is 0.353. The highest BCUT2D eigenvalue weighted by atomic mass is 14.8. The molecule has 0 bridgehead atoms. The van der Waals surface area contributed by atoms with Crippen molar-refractivity contribution >= 4 is 0 Å². The van der Waals surface area contributed by atoms with Crippen LogP contribution in [0.3, 0.4) is 0 Å². The number of benzene rings is 1. The van der Waals surface area contributed by atoms with Crippen LogP contribution < -0.4 is 5.73 Å². The van der Waals surface area contributed by atoms with Gasteiger partial charge in [0.2, 0.25) is 0 Å². The van der Waals surface area contributed by atoms with Gasteiger partial charge in [-0.3, -0.25) is 4.98 Å². The highest BCUT2D eigenvalue weighted by Crippen LogP contribution is 2.49. The van der Waals surface area contributed by atoms with Gasteiger partial charge in [-0.2, -0.15) is 0 Å². The van der Waals surface area contributed by atoms with E-state index in [0.29, 0.717) is 5.92 Å². The van der Waals surface area contributed by atoms with Crippen LogP contribution >= 0.6 is 0 Å². The van der Waals surface area contributed by atoms with Crippen LogP contribution in [0.5, 0.6) is 0 Å². The van der Waals surface area contributed by atoms with Crippen molar-refractivity contribution in [3.63, 3.8) is 0 Å². The van der Waals surface area contributed by atoms with Gasteiger partial charge in [-0.1, -0.05) is 30.3 Å². The number of rotatable bonds is 1. The molecule has 2 N–H and O–H groups in total. The Hall–Kier alpha value is -1.67. The van der Waals surface area contributed by atoms with Crippen LogP contribution in [0.25, 0.3) is 0 Å². The van der Waals surface area contributed by atoms with Gasteiger partial charge >= 0.3 is 0 Å². The molecule has 0 saturated heterocycles. The Kier molecular flexibility index (Phi) is 2.30. The summed E-state index contributed by atoms with van der Waals surface area (Å²) >= 11 is 0. The zero-order chi connectivity index (χ0) is 12.9. The van der Waals surface area contributed by atoms with Crippen LogP contribution in [-0.2, 0) is 18.4 Å². The lowest BCUT2D eigenvalue weighted by Crippen LogP contribution is -2.40. The van der Waals surface area contributed by atoms with E-state index in [9.17, 15) is 0 Å². The third-order valence-electron chi connectivity index (χ3n) is 4.91. The molecule has 0 radical (unpaired) electrons. The summed E-state index contributed by atoms with van der Waals surface area (Å²) in [6, 6.07) is 12.9. The third kappa shape index (κ3) is 1.50. The van der Waals surface area contributed by atoms with E-state index in [0.717, 1.165) is 25.7 Å². The van der Waals surface area contributed by atoms with Crippen molar-refractivity contribution in [3.8, 4) is 0 Å². The SMILES string of the molecule is NC1(C2CCc3cccnc32)CCc2ccccc21. The summed E-state index contributed by atoms with van der Waals surface area (Å²) in [5.41, 5.74) is 12.0. The van der Waals surface area contributed by atoms with Crippen molar-refractivity contribution < 1.29 is 0 Å². The van der Waals surface area contributed by atoms with Gasteiger partial charge in [0, 0.05) is 23.3 Å². The quantitative estimate of drug-likeness (QED) is 0.845. The zero-order valence-corrected chi connectivity index (χ0v) is 11.0. The smallest absolute Gasteiger partial charge is 0.0500 e. The van der Waals surface area contributed by atoms with Crippen molar-refractivity contribution in [1.82, 2.24) is 4.98 Å². The summed E-state index contributed by atoms with van der Waals surface area (Å²) in [5, 5.41) is 0. The molecule has 0 aliphatic heterocycles. The molecule has 0 spiro atoms. The number of aromatic nitrogens is 1. The van der Waals surface area contributed by atoms with E-state index in [1.165, 1.54) is 22.4 Å². The molecule has 0 fully saturated rings. The minimum absolute atomic E-state index is 0.212. The monoisotopic (exact) mass is 250 g/mol. The van der Waals surface area contributed by atoms with Gasteiger partial charge in [0.25, 0.3) is 0 Å². The standard InChI is InChI=1S/C17H18N2/c18-17(10-9-12-4-1-2-6-14(12)17)15-8-7-13-5-3-11-19-16(13)15/h1-6,11,15H,7-10,18H2. The number of aryl methyl sites for hydroxylation is 2. The van der Waals surface area contributed by atoms with E-state index < -0.39 is 0 Å². The van der Waals surface area contributed by atoms with Gasteiger partial charge in [0.05, 0.1) is 0 Å². The molecule has 1 heterocycles. The third-order valence-corrected chi connectivity index (χ3v) is 4.91. The van der Waals surface area contributed by atoms with Crippen molar-refractivity contribution in [3.05, 3.63) is 65.0 Å². The number of fused-ring (bicyclic) bond motifs is 2. The lowest BCUT2D eigenvalue weighted by atomic mass is 9.78. The molecule has 96 valence electrons. The summed E-state index contributed by atoms with van der Waals surface area (Å²) in [6.07, 6.45) is 6.31. The second-order valence-electron chi connectivity index (χ2n) is 5.84. The maximum Gasteiger partial charge on any atom is 0.0500 e. The Morgan fingerprint density at radius 3 is 2.84 bits per heavy atom. The first-order chi connectivity index (χ1) is 9.29. The zero-order valence-electron chi connectivity index (χ0n) is 11.0. The predicted octanol–water partition coefficient (Wildman–Crippen LogP) is 2.91. The van der Waals surface area contributed by atoms with Crippen LogP contribution in [0, 0.1) is 0 Å². The second-order valence-corrected chi connectivity index (χ2v) is 5.84. The van der Waals surface area contributed by atoms with E-state index >= 15 is 0 Å². The molecule has 4 rings (SSSR count). The van der Waals surface area contributed by atoms with Gasteiger partial charge in [0.15, 0.2) is 0 Å². The number of nitrogens with zero attached hydrogens (tertiary/aromatic N) is 1. The van der Waals surface area contributed by atoms with Crippen LogP contribution in [-0.4, -0.2) is 4.98 Å². The number of pyridine rings is 1. The Bertz CT molecular complexity index is 635. The number of nitrogens with two attached hydrogens (primary N) is 1. The molecule has 19 heavy (non-hydrogen) atoms. The van der Waals surface area contributed by atoms with Gasteiger partial charge in [-0.05, 0) is 48.4 Å². The maximum absolute atomic E-state index is 6.85.